The predicted molar refractivity (Wildman–Crippen MR) is 72.3 cm³/mol. The van der Waals surface area contributed by atoms with Gasteiger partial charge >= 0.3 is 0 Å². The molecule has 0 amide bonds. The van der Waals surface area contributed by atoms with Crippen LogP contribution in [-0.2, 0) is 0 Å². The van der Waals surface area contributed by atoms with Gasteiger partial charge in [-0.2, -0.15) is 0 Å². The van der Waals surface area contributed by atoms with Crippen LogP contribution in [0.25, 0.3) is 0 Å². The standard InChI is InChI=1S/C13H21F2N3O/c1-3-5-9(19)8-17-13-11(15)7-10(14)12(18-13)16-6-4-2/h7,9,19H,3-6,8H2,1-2H3,(H2,16,17,18). The Labute approximate surface area is 112 Å². The predicted octanol–water partition coefficient (Wildman–Crippen LogP) is 2.75. The van der Waals surface area contributed by atoms with E-state index < -0.39 is 17.7 Å². The molecule has 108 valence electrons. The maximum absolute atomic E-state index is 13.5. The second-order valence-electron chi connectivity index (χ2n) is 4.40. The number of aliphatic hydroxyl groups is 1. The minimum Gasteiger partial charge on any atom is -0.391 e. The number of halogens is 2. The van der Waals surface area contributed by atoms with Gasteiger partial charge in [0.15, 0.2) is 23.3 Å². The maximum atomic E-state index is 13.5. The van der Waals surface area contributed by atoms with Crippen LogP contribution in [0.1, 0.15) is 33.1 Å². The maximum Gasteiger partial charge on any atom is 0.168 e. The third-order valence-electron chi connectivity index (χ3n) is 2.60. The Hall–Kier alpha value is -1.43. The average molecular weight is 273 g/mol. The van der Waals surface area contributed by atoms with Gasteiger partial charge in [0.05, 0.1) is 6.10 Å². The van der Waals surface area contributed by atoms with Crippen molar-refractivity contribution in [2.45, 2.75) is 39.2 Å². The van der Waals surface area contributed by atoms with E-state index in [1.165, 1.54) is 0 Å². The summed E-state index contributed by atoms with van der Waals surface area (Å²) in [6, 6.07) is 0.791. The van der Waals surface area contributed by atoms with Gasteiger partial charge in [0.1, 0.15) is 0 Å². The highest BCUT2D eigenvalue weighted by atomic mass is 19.1. The SMILES string of the molecule is CCCNc1nc(NCC(O)CCC)c(F)cc1F. The van der Waals surface area contributed by atoms with E-state index in [1.807, 2.05) is 13.8 Å². The van der Waals surface area contributed by atoms with Crippen molar-refractivity contribution in [2.75, 3.05) is 23.7 Å². The van der Waals surface area contributed by atoms with Gasteiger partial charge in [0, 0.05) is 19.2 Å². The lowest BCUT2D eigenvalue weighted by Crippen LogP contribution is -2.20. The molecule has 0 aromatic carbocycles. The number of hydrogen-bond donors (Lipinski definition) is 3. The van der Waals surface area contributed by atoms with Crippen LogP contribution in [0.3, 0.4) is 0 Å². The lowest BCUT2D eigenvalue weighted by molar-refractivity contribution is 0.176. The summed E-state index contributed by atoms with van der Waals surface area (Å²) in [7, 11) is 0. The van der Waals surface area contributed by atoms with E-state index in [-0.39, 0.29) is 18.2 Å². The van der Waals surface area contributed by atoms with Gasteiger partial charge in [-0.1, -0.05) is 20.3 Å². The molecule has 6 heteroatoms. The molecule has 1 aromatic heterocycles. The lowest BCUT2D eigenvalue weighted by Gasteiger charge is -2.13. The molecule has 0 spiro atoms. The smallest absolute Gasteiger partial charge is 0.168 e. The summed E-state index contributed by atoms with van der Waals surface area (Å²) in [5.74, 6) is -1.50. The molecule has 0 bridgehead atoms. The number of hydrogen-bond acceptors (Lipinski definition) is 4. The fraction of sp³-hybridized carbons (Fsp3) is 0.615. The fourth-order valence-corrected chi connectivity index (χ4v) is 1.61. The Morgan fingerprint density at radius 3 is 2.37 bits per heavy atom. The van der Waals surface area contributed by atoms with Gasteiger partial charge < -0.3 is 15.7 Å². The Morgan fingerprint density at radius 2 is 1.79 bits per heavy atom. The molecule has 1 aromatic rings. The Kier molecular flexibility index (Phi) is 6.49. The molecule has 19 heavy (non-hydrogen) atoms. The largest absolute Gasteiger partial charge is 0.391 e. The summed E-state index contributed by atoms with van der Waals surface area (Å²) in [4.78, 5) is 3.86. The van der Waals surface area contributed by atoms with Crippen molar-refractivity contribution in [3.63, 3.8) is 0 Å². The molecular weight excluding hydrogens is 252 g/mol. The van der Waals surface area contributed by atoms with Crippen molar-refractivity contribution in [1.82, 2.24) is 4.98 Å². The molecule has 0 aliphatic heterocycles. The van der Waals surface area contributed by atoms with Gasteiger partial charge in [-0.05, 0) is 12.8 Å². The third kappa shape index (κ3) is 4.98. The van der Waals surface area contributed by atoms with Crippen molar-refractivity contribution >= 4 is 11.6 Å². The topological polar surface area (TPSA) is 57.2 Å². The van der Waals surface area contributed by atoms with Crippen LogP contribution in [0.5, 0.6) is 0 Å². The first-order valence-electron chi connectivity index (χ1n) is 6.60. The summed E-state index contributed by atoms with van der Waals surface area (Å²) >= 11 is 0. The van der Waals surface area contributed by atoms with E-state index in [1.54, 1.807) is 0 Å². The Morgan fingerprint density at radius 1 is 1.16 bits per heavy atom. The quantitative estimate of drug-likeness (QED) is 0.681. The minimum absolute atomic E-state index is 0.0238. The molecule has 0 aliphatic carbocycles. The lowest BCUT2D eigenvalue weighted by atomic mass is 10.2. The van der Waals surface area contributed by atoms with E-state index >= 15 is 0 Å². The van der Waals surface area contributed by atoms with Gasteiger partial charge in [0.25, 0.3) is 0 Å². The van der Waals surface area contributed by atoms with Crippen molar-refractivity contribution in [3.05, 3.63) is 17.7 Å². The molecule has 4 nitrogen and oxygen atoms in total. The monoisotopic (exact) mass is 273 g/mol. The van der Waals surface area contributed by atoms with Crippen LogP contribution >= 0.6 is 0 Å². The van der Waals surface area contributed by atoms with Crippen LogP contribution < -0.4 is 10.6 Å². The zero-order valence-electron chi connectivity index (χ0n) is 11.3. The molecule has 0 radical (unpaired) electrons. The molecule has 0 fully saturated rings. The van der Waals surface area contributed by atoms with E-state index in [0.717, 1.165) is 18.9 Å². The number of nitrogens with one attached hydrogen (secondary N) is 2. The number of aliphatic hydroxyl groups excluding tert-OH is 1. The molecule has 0 aliphatic rings. The number of pyridine rings is 1. The molecule has 1 rings (SSSR count). The van der Waals surface area contributed by atoms with Crippen molar-refractivity contribution in [3.8, 4) is 0 Å². The number of anilines is 2. The second kappa shape index (κ2) is 7.89. The van der Waals surface area contributed by atoms with Crippen molar-refractivity contribution in [2.24, 2.45) is 0 Å². The highest BCUT2D eigenvalue weighted by Crippen LogP contribution is 2.19. The van der Waals surface area contributed by atoms with Gasteiger partial charge in [-0.15, -0.1) is 0 Å². The van der Waals surface area contributed by atoms with Gasteiger partial charge in [-0.25, -0.2) is 13.8 Å². The van der Waals surface area contributed by atoms with Crippen LogP contribution in [0, 0.1) is 11.6 Å². The second-order valence-corrected chi connectivity index (χ2v) is 4.40. The van der Waals surface area contributed by atoms with Crippen LogP contribution in [-0.4, -0.2) is 29.3 Å². The van der Waals surface area contributed by atoms with Crippen molar-refractivity contribution < 1.29 is 13.9 Å². The highest BCUT2D eigenvalue weighted by molar-refractivity contribution is 5.47. The van der Waals surface area contributed by atoms with Crippen LogP contribution in [0.15, 0.2) is 6.07 Å². The normalized spacial score (nSPS) is 12.3. The summed E-state index contributed by atoms with van der Waals surface area (Å²) < 4.78 is 26.9. The molecule has 0 saturated heterocycles. The Balaban J connectivity index is 2.71. The number of aromatic nitrogens is 1. The first-order valence-corrected chi connectivity index (χ1v) is 6.60. The summed E-state index contributed by atoms with van der Waals surface area (Å²) in [6.45, 7) is 4.64. The van der Waals surface area contributed by atoms with Crippen LogP contribution in [0.2, 0.25) is 0 Å². The van der Waals surface area contributed by atoms with Gasteiger partial charge in [0.2, 0.25) is 0 Å². The molecule has 1 unspecified atom stereocenters. The Bertz CT molecular complexity index is 402. The van der Waals surface area contributed by atoms with Crippen LogP contribution in [0.4, 0.5) is 20.4 Å². The molecular formula is C13H21F2N3O. The minimum atomic E-state index is -0.761. The summed E-state index contributed by atoms with van der Waals surface area (Å²) in [5, 5.41) is 15.1. The number of nitrogens with zero attached hydrogens (tertiary/aromatic N) is 1. The average Bonchev–Trinajstić information content (AvgIpc) is 2.37. The zero-order valence-corrected chi connectivity index (χ0v) is 11.3. The first-order chi connectivity index (χ1) is 9.08. The van der Waals surface area contributed by atoms with E-state index in [2.05, 4.69) is 15.6 Å². The highest BCUT2D eigenvalue weighted by Gasteiger charge is 2.12. The summed E-state index contributed by atoms with van der Waals surface area (Å²) in [6.07, 6.45) is 1.71. The first kappa shape index (κ1) is 15.6. The van der Waals surface area contributed by atoms with Gasteiger partial charge in [-0.3, -0.25) is 0 Å². The molecule has 0 saturated carbocycles. The zero-order chi connectivity index (χ0) is 14.3. The van der Waals surface area contributed by atoms with E-state index in [9.17, 15) is 13.9 Å². The molecule has 1 heterocycles. The number of rotatable bonds is 8. The molecule has 1 atom stereocenters. The molecule has 3 N–H and O–H groups in total. The van der Waals surface area contributed by atoms with E-state index in [4.69, 9.17) is 0 Å². The van der Waals surface area contributed by atoms with E-state index in [0.29, 0.717) is 13.0 Å². The summed E-state index contributed by atoms with van der Waals surface area (Å²) in [5.41, 5.74) is 0. The third-order valence-corrected chi connectivity index (χ3v) is 2.60. The van der Waals surface area contributed by atoms with Crippen molar-refractivity contribution in [1.29, 1.82) is 0 Å². The fourth-order valence-electron chi connectivity index (χ4n) is 1.61.